The van der Waals surface area contributed by atoms with Crippen molar-refractivity contribution in [2.75, 3.05) is 6.61 Å². The van der Waals surface area contributed by atoms with Crippen molar-refractivity contribution in [3.05, 3.63) is 30.1 Å². The Bertz CT molecular complexity index is 335. The Morgan fingerprint density at radius 3 is 2.56 bits per heavy atom. The Hall–Kier alpha value is -1.58. The largest absolute Gasteiger partial charge is 0.490 e. The summed E-state index contributed by atoms with van der Waals surface area (Å²) in [6.07, 6.45) is -0.102. The first kappa shape index (κ1) is 12.5. The molecule has 0 saturated carbocycles. The van der Waals surface area contributed by atoms with Crippen LogP contribution in [0.3, 0.4) is 0 Å². The molecule has 0 heterocycles. The summed E-state index contributed by atoms with van der Waals surface area (Å²) in [5.74, 6) is -0.0688. The quantitative estimate of drug-likeness (QED) is 0.724. The summed E-state index contributed by atoms with van der Waals surface area (Å²) in [5, 5.41) is 0. The van der Waals surface area contributed by atoms with Gasteiger partial charge >= 0.3 is 5.97 Å². The summed E-state index contributed by atoms with van der Waals surface area (Å²) < 4.78 is 22.8. The molecule has 1 aromatic carbocycles. The lowest BCUT2D eigenvalue weighted by Gasteiger charge is -2.13. The molecule has 3 nitrogen and oxygen atoms in total. The maximum atomic E-state index is 12.6. The maximum Gasteiger partial charge on any atom is 0.309 e. The van der Waals surface area contributed by atoms with Crippen molar-refractivity contribution < 1.29 is 18.7 Å². The zero-order chi connectivity index (χ0) is 12.0. The standard InChI is InChI=1S/C12H15FO3/c1-3-15-12(14)8-9(2)16-11-6-4-10(13)5-7-11/h4-7,9H,3,8H2,1-2H3. The van der Waals surface area contributed by atoms with Crippen molar-refractivity contribution in [1.29, 1.82) is 0 Å². The predicted molar refractivity (Wildman–Crippen MR) is 57.7 cm³/mol. The van der Waals surface area contributed by atoms with E-state index in [-0.39, 0.29) is 24.3 Å². The summed E-state index contributed by atoms with van der Waals surface area (Å²) in [5.41, 5.74) is 0. The number of ether oxygens (including phenoxy) is 2. The van der Waals surface area contributed by atoms with E-state index >= 15 is 0 Å². The number of rotatable bonds is 5. The van der Waals surface area contributed by atoms with Gasteiger partial charge in [-0.3, -0.25) is 4.79 Å². The molecule has 0 saturated heterocycles. The van der Waals surface area contributed by atoms with Crippen molar-refractivity contribution in [2.24, 2.45) is 0 Å². The molecule has 0 bridgehead atoms. The van der Waals surface area contributed by atoms with Crippen molar-refractivity contribution in [1.82, 2.24) is 0 Å². The molecule has 1 aromatic rings. The fourth-order valence-electron chi connectivity index (χ4n) is 1.24. The molecule has 0 aliphatic heterocycles. The number of hydrogen-bond donors (Lipinski definition) is 0. The van der Waals surface area contributed by atoms with E-state index in [0.29, 0.717) is 12.4 Å². The van der Waals surface area contributed by atoms with Crippen LogP contribution in [0.25, 0.3) is 0 Å². The Morgan fingerprint density at radius 2 is 2.00 bits per heavy atom. The van der Waals surface area contributed by atoms with Crippen LogP contribution in [0, 0.1) is 5.82 Å². The number of halogens is 1. The molecule has 0 aliphatic rings. The normalized spacial score (nSPS) is 11.9. The molecule has 0 aromatic heterocycles. The highest BCUT2D eigenvalue weighted by molar-refractivity contribution is 5.69. The highest BCUT2D eigenvalue weighted by atomic mass is 19.1. The van der Waals surface area contributed by atoms with Crippen LogP contribution in [0.15, 0.2) is 24.3 Å². The van der Waals surface area contributed by atoms with Crippen LogP contribution >= 0.6 is 0 Å². The third-order valence-corrected chi connectivity index (χ3v) is 1.91. The first-order valence-electron chi connectivity index (χ1n) is 5.19. The summed E-state index contributed by atoms with van der Waals surface area (Å²) in [6, 6.07) is 5.67. The number of carbonyl (C=O) groups is 1. The monoisotopic (exact) mass is 226 g/mol. The second-order valence-corrected chi connectivity index (χ2v) is 3.39. The number of hydrogen-bond acceptors (Lipinski definition) is 3. The minimum Gasteiger partial charge on any atom is -0.490 e. The molecule has 0 radical (unpaired) electrons. The van der Waals surface area contributed by atoms with Gasteiger partial charge in [-0.15, -0.1) is 0 Å². The van der Waals surface area contributed by atoms with Gasteiger partial charge in [0.25, 0.3) is 0 Å². The van der Waals surface area contributed by atoms with E-state index in [1.54, 1.807) is 13.8 Å². The van der Waals surface area contributed by atoms with Crippen molar-refractivity contribution in [2.45, 2.75) is 26.4 Å². The third kappa shape index (κ3) is 4.29. The van der Waals surface area contributed by atoms with Crippen LogP contribution in [-0.4, -0.2) is 18.7 Å². The van der Waals surface area contributed by atoms with E-state index in [4.69, 9.17) is 9.47 Å². The van der Waals surface area contributed by atoms with Gasteiger partial charge < -0.3 is 9.47 Å². The molecular formula is C12H15FO3. The topological polar surface area (TPSA) is 35.5 Å². The van der Waals surface area contributed by atoms with Gasteiger partial charge in [-0.25, -0.2) is 4.39 Å². The van der Waals surface area contributed by atoms with E-state index in [1.165, 1.54) is 24.3 Å². The van der Waals surface area contributed by atoms with Crippen molar-refractivity contribution in [3.8, 4) is 5.75 Å². The van der Waals surface area contributed by atoms with E-state index < -0.39 is 0 Å². The molecule has 4 heteroatoms. The lowest BCUT2D eigenvalue weighted by Crippen LogP contribution is -2.18. The Labute approximate surface area is 94.2 Å². The van der Waals surface area contributed by atoms with Crippen molar-refractivity contribution in [3.63, 3.8) is 0 Å². The first-order valence-corrected chi connectivity index (χ1v) is 5.19. The SMILES string of the molecule is CCOC(=O)CC(C)Oc1ccc(F)cc1. The molecule has 1 rings (SSSR count). The van der Waals surface area contributed by atoms with E-state index in [1.807, 2.05) is 0 Å². The highest BCUT2D eigenvalue weighted by Crippen LogP contribution is 2.14. The summed E-state index contributed by atoms with van der Waals surface area (Å²) in [7, 11) is 0. The van der Waals surface area contributed by atoms with Gasteiger partial charge in [-0.1, -0.05) is 0 Å². The Morgan fingerprint density at radius 1 is 1.38 bits per heavy atom. The number of benzene rings is 1. The summed E-state index contributed by atoms with van der Waals surface area (Å²) in [6.45, 7) is 3.88. The van der Waals surface area contributed by atoms with Crippen LogP contribution in [0.5, 0.6) is 5.75 Å². The molecule has 0 fully saturated rings. The average molecular weight is 226 g/mol. The van der Waals surface area contributed by atoms with Gasteiger partial charge in [0.1, 0.15) is 17.7 Å². The van der Waals surface area contributed by atoms with Gasteiger partial charge in [0, 0.05) is 0 Å². The third-order valence-electron chi connectivity index (χ3n) is 1.91. The van der Waals surface area contributed by atoms with E-state index in [9.17, 15) is 9.18 Å². The van der Waals surface area contributed by atoms with Gasteiger partial charge in [0.05, 0.1) is 13.0 Å². The maximum absolute atomic E-state index is 12.6. The minimum atomic E-state index is -0.314. The first-order chi connectivity index (χ1) is 7.61. The molecule has 88 valence electrons. The second kappa shape index (κ2) is 6.10. The zero-order valence-corrected chi connectivity index (χ0v) is 9.40. The van der Waals surface area contributed by atoms with Gasteiger partial charge in [0.15, 0.2) is 0 Å². The van der Waals surface area contributed by atoms with Crippen molar-refractivity contribution >= 4 is 5.97 Å². The smallest absolute Gasteiger partial charge is 0.309 e. The van der Waals surface area contributed by atoms with Crippen LogP contribution in [-0.2, 0) is 9.53 Å². The predicted octanol–water partition coefficient (Wildman–Crippen LogP) is 2.55. The molecule has 1 unspecified atom stereocenters. The summed E-state index contributed by atoms with van der Waals surface area (Å²) in [4.78, 5) is 11.1. The van der Waals surface area contributed by atoms with Gasteiger partial charge in [0.2, 0.25) is 0 Å². The molecule has 0 N–H and O–H groups in total. The highest BCUT2D eigenvalue weighted by Gasteiger charge is 2.11. The fourth-order valence-corrected chi connectivity index (χ4v) is 1.24. The fraction of sp³-hybridized carbons (Fsp3) is 0.417. The lowest BCUT2D eigenvalue weighted by atomic mass is 10.3. The molecular weight excluding hydrogens is 211 g/mol. The Kier molecular flexibility index (Phi) is 4.76. The molecule has 0 amide bonds. The van der Waals surface area contributed by atoms with Crippen LogP contribution < -0.4 is 4.74 Å². The number of esters is 1. The van der Waals surface area contributed by atoms with Gasteiger partial charge in [-0.2, -0.15) is 0 Å². The lowest BCUT2D eigenvalue weighted by molar-refractivity contribution is -0.144. The van der Waals surface area contributed by atoms with Crippen LogP contribution in [0.2, 0.25) is 0 Å². The number of carbonyl (C=O) groups excluding carboxylic acids is 1. The molecule has 0 aliphatic carbocycles. The average Bonchev–Trinajstić information content (AvgIpc) is 2.21. The molecule has 1 atom stereocenters. The minimum absolute atomic E-state index is 0.186. The van der Waals surface area contributed by atoms with Crippen LogP contribution in [0.4, 0.5) is 4.39 Å². The molecule has 0 spiro atoms. The second-order valence-electron chi connectivity index (χ2n) is 3.39. The Balaban J connectivity index is 2.42. The zero-order valence-electron chi connectivity index (χ0n) is 9.40. The van der Waals surface area contributed by atoms with Gasteiger partial charge in [-0.05, 0) is 38.1 Å². The summed E-state index contributed by atoms with van der Waals surface area (Å²) >= 11 is 0. The van der Waals surface area contributed by atoms with Crippen LogP contribution in [0.1, 0.15) is 20.3 Å². The van der Waals surface area contributed by atoms with E-state index in [2.05, 4.69) is 0 Å². The van der Waals surface area contributed by atoms with E-state index in [0.717, 1.165) is 0 Å². The molecule has 16 heavy (non-hydrogen) atoms.